The minimum absolute atomic E-state index is 0.523. The first kappa shape index (κ1) is 10.6. The van der Waals surface area contributed by atoms with Gasteiger partial charge < -0.3 is 4.57 Å². The van der Waals surface area contributed by atoms with E-state index in [1.807, 2.05) is 0 Å². The van der Waals surface area contributed by atoms with Crippen LogP contribution in [0.15, 0.2) is 0 Å². The molecule has 0 bridgehead atoms. The van der Waals surface area contributed by atoms with Crippen molar-refractivity contribution in [3.05, 3.63) is 0 Å². The molecule has 0 aromatic heterocycles. The molecule has 0 aliphatic rings. The first-order chi connectivity index (χ1) is 4.18. The Kier molecular flexibility index (Phi) is 7.51. The molecule has 0 radical (unpaired) electrons. The molecule has 0 amide bonds. The molecule has 0 saturated carbocycles. The van der Waals surface area contributed by atoms with Crippen LogP contribution >= 0.6 is 43.6 Å². The van der Waals surface area contributed by atoms with Crippen LogP contribution in [-0.2, 0) is 0 Å². The molecule has 0 rings (SSSR count). The van der Waals surface area contributed by atoms with Gasteiger partial charge in [0.15, 0.2) is 0 Å². The first-order valence-corrected chi connectivity index (χ1v) is 12.0. The summed E-state index contributed by atoms with van der Waals surface area (Å²) in [5, 5.41) is 0. The van der Waals surface area contributed by atoms with Crippen LogP contribution in [-0.4, -0.2) is 22.1 Å². The van der Waals surface area contributed by atoms with Crippen LogP contribution in [0.3, 0.4) is 0 Å². The summed E-state index contributed by atoms with van der Waals surface area (Å²) >= 11 is 5.12. The van der Waals surface area contributed by atoms with Gasteiger partial charge in [-0.15, -0.1) is 0 Å². The van der Waals surface area contributed by atoms with Crippen LogP contribution in [0.1, 0.15) is 19.8 Å². The number of rotatable bonds is 4. The standard InChI is InChI=1S/C5H13I2NSi/c1-3-4-5-8(2)9(6)7/h9H,3-5H2,1-2H3. The molecular weight excluding hydrogens is 356 g/mol. The lowest BCUT2D eigenvalue weighted by Crippen LogP contribution is -2.26. The molecule has 0 aliphatic heterocycles. The highest BCUT2D eigenvalue weighted by Crippen LogP contribution is 2.08. The molecule has 0 fully saturated rings. The smallest absolute Gasteiger partial charge is 0.247 e. The van der Waals surface area contributed by atoms with E-state index in [0.29, 0.717) is 0 Å². The van der Waals surface area contributed by atoms with Crippen molar-refractivity contribution in [1.82, 2.24) is 4.57 Å². The average Bonchev–Trinajstić information content (AvgIpc) is 1.82. The molecule has 0 aromatic carbocycles. The lowest BCUT2D eigenvalue weighted by molar-refractivity contribution is 0.518. The summed E-state index contributed by atoms with van der Waals surface area (Å²) in [6, 6.07) is 0. The quantitative estimate of drug-likeness (QED) is 0.418. The number of nitrogens with zero attached hydrogens (tertiary/aromatic N) is 1. The van der Waals surface area contributed by atoms with Gasteiger partial charge in [0.25, 0.3) is 0 Å². The van der Waals surface area contributed by atoms with Gasteiger partial charge in [0, 0.05) is 0 Å². The van der Waals surface area contributed by atoms with Gasteiger partial charge in [-0.2, -0.15) is 0 Å². The van der Waals surface area contributed by atoms with Crippen molar-refractivity contribution < 1.29 is 0 Å². The van der Waals surface area contributed by atoms with Gasteiger partial charge in [0.05, 0.1) is 0 Å². The zero-order valence-corrected chi connectivity index (χ0v) is 11.4. The Labute approximate surface area is 84.7 Å². The summed E-state index contributed by atoms with van der Waals surface area (Å²) in [7, 11) is 2.23. The molecular formula is C5H13I2NSi. The molecule has 0 saturated heterocycles. The Bertz CT molecular complexity index is 70.0. The molecule has 0 N–H and O–H groups in total. The van der Waals surface area contributed by atoms with E-state index in [-0.39, 0.29) is 0 Å². The molecule has 0 atom stereocenters. The minimum Gasteiger partial charge on any atom is -0.313 e. The average molecular weight is 369 g/mol. The second-order valence-corrected chi connectivity index (χ2v) is 17.8. The van der Waals surface area contributed by atoms with Crippen LogP contribution in [0.5, 0.6) is 0 Å². The summed E-state index contributed by atoms with van der Waals surface area (Å²) in [5.41, 5.74) is 0. The third kappa shape index (κ3) is 6.05. The fourth-order valence-electron chi connectivity index (χ4n) is 0.505. The van der Waals surface area contributed by atoms with E-state index in [4.69, 9.17) is 0 Å². The maximum absolute atomic E-state index is 2.56. The highest BCUT2D eigenvalue weighted by Gasteiger charge is 2.05. The van der Waals surface area contributed by atoms with Crippen LogP contribution in [0.25, 0.3) is 0 Å². The van der Waals surface area contributed by atoms with E-state index < -0.39 is 3.95 Å². The maximum atomic E-state index is 2.56. The molecule has 0 aliphatic carbocycles. The van der Waals surface area contributed by atoms with Crippen molar-refractivity contribution in [3.8, 4) is 0 Å². The zero-order valence-electron chi connectivity index (χ0n) is 5.90. The van der Waals surface area contributed by atoms with E-state index in [2.05, 4.69) is 62.1 Å². The largest absolute Gasteiger partial charge is 0.313 e. The SMILES string of the molecule is CCCCN(C)[SiH](I)I. The summed E-state index contributed by atoms with van der Waals surface area (Å²) in [6.45, 7) is 3.53. The Morgan fingerprint density at radius 1 is 1.44 bits per heavy atom. The molecule has 1 nitrogen and oxygen atoms in total. The molecule has 0 spiro atoms. The predicted octanol–water partition coefficient (Wildman–Crippen LogP) is 2.31. The van der Waals surface area contributed by atoms with E-state index >= 15 is 0 Å². The molecule has 56 valence electrons. The Morgan fingerprint density at radius 2 is 2.00 bits per heavy atom. The van der Waals surface area contributed by atoms with Crippen molar-refractivity contribution >= 4 is 47.5 Å². The van der Waals surface area contributed by atoms with Gasteiger partial charge in [-0.1, -0.05) is 56.9 Å². The van der Waals surface area contributed by atoms with E-state index in [1.165, 1.54) is 19.4 Å². The van der Waals surface area contributed by atoms with Crippen molar-refractivity contribution in [2.75, 3.05) is 13.6 Å². The van der Waals surface area contributed by atoms with Crippen molar-refractivity contribution in [2.45, 2.75) is 19.8 Å². The van der Waals surface area contributed by atoms with Gasteiger partial charge in [0.2, 0.25) is 3.95 Å². The topological polar surface area (TPSA) is 3.24 Å². The fourth-order valence-corrected chi connectivity index (χ4v) is 2.55. The van der Waals surface area contributed by atoms with Gasteiger partial charge in [-0.05, 0) is 20.0 Å². The highest BCUT2D eigenvalue weighted by atomic mass is 127. The summed E-state index contributed by atoms with van der Waals surface area (Å²) in [4.78, 5) is 0. The second kappa shape index (κ2) is 6.35. The van der Waals surface area contributed by atoms with Gasteiger partial charge in [-0.3, -0.25) is 0 Å². The summed E-state index contributed by atoms with van der Waals surface area (Å²) in [5.74, 6) is 0. The molecule has 0 unspecified atom stereocenters. The lowest BCUT2D eigenvalue weighted by atomic mass is 10.3. The first-order valence-electron chi connectivity index (χ1n) is 3.17. The Balaban J connectivity index is 3.16. The van der Waals surface area contributed by atoms with Crippen molar-refractivity contribution in [3.63, 3.8) is 0 Å². The number of halogens is 2. The van der Waals surface area contributed by atoms with Gasteiger partial charge in [-0.25, -0.2) is 0 Å². The fraction of sp³-hybridized carbons (Fsp3) is 1.00. The van der Waals surface area contributed by atoms with Crippen LogP contribution in [0.2, 0.25) is 0 Å². The molecule has 9 heavy (non-hydrogen) atoms. The third-order valence-corrected chi connectivity index (χ3v) is 7.83. The minimum atomic E-state index is -0.523. The lowest BCUT2D eigenvalue weighted by Gasteiger charge is -2.15. The van der Waals surface area contributed by atoms with E-state index in [0.717, 1.165) is 0 Å². The summed E-state index contributed by atoms with van der Waals surface area (Å²) < 4.78 is 1.97. The van der Waals surface area contributed by atoms with Crippen LogP contribution in [0, 0.1) is 0 Å². The second-order valence-electron chi connectivity index (χ2n) is 2.11. The maximum Gasteiger partial charge on any atom is 0.247 e. The Morgan fingerprint density at radius 3 is 2.33 bits per heavy atom. The van der Waals surface area contributed by atoms with Crippen molar-refractivity contribution in [2.24, 2.45) is 0 Å². The van der Waals surface area contributed by atoms with E-state index in [1.54, 1.807) is 0 Å². The Hall–Kier alpha value is 1.64. The summed E-state index contributed by atoms with van der Waals surface area (Å²) in [6.07, 6.45) is 2.67. The zero-order chi connectivity index (χ0) is 7.28. The van der Waals surface area contributed by atoms with Gasteiger partial charge in [0.1, 0.15) is 0 Å². The molecule has 0 heterocycles. The normalized spacial score (nSPS) is 11.3. The van der Waals surface area contributed by atoms with Crippen LogP contribution < -0.4 is 0 Å². The number of hydrogen-bond donors (Lipinski definition) is 0. The number of hydrogen-bond acceptors (Lipinski definition) is 1. The predicted molar refractivity (Wildman–Crippen MR) is 62.7 cm³/mol. The molecule has 4 heteroatoms. The van der Waals surface area contributed by atoms with E-state index in [9.17, 15) is 0 Å². The van der Waals surface area contributed by atoms with Crippen LogP contribution in [0.4, 0.5) is 0 Å². The van der Waals surface area contributed by atoms with Gasteiger partial charge >= 0.3 is 0 Å². The highest BCUT2D eigenvalue weighted by molar-refractivity contribution is 14.3. The monoisotopic (exact) mass is 369 g/mol. The third-order valence-electron chi connectivity index (χ3n) is 1.20. The molecule has 0 aromatic rings. The van der Waals surface area contributed by atoms with Crippen molar-refractivity contribution in [1.29, 1.82) is 0 Å². The number of unbranched alkanes of at least 4 members (excludes halogenated alkanes) is 1.